The fourth-order valence-electron chi connectivity index (χ4n) is 1.73. The lowest BCUT2D eigenvalue weighted by Crippen LogP contribution is -2.30. The Bertz CT molecular complexity index is 556. The Hall–Kier alpha value is -2.76. The predicted molar refractivity (Wildman–Crippen MR) is 85.2 cm³/mol. The van der Waals surface area contributed by atoms with Gasteiger partial charge in [0.05, 0.1) is 11.9 Å². The van der Waals surface area contributed by atoms with Crippen LogP contribution in [0.1, 0.15) is 6.42 Å². The number of rotatable bonds is 6. The Labute approximate surface area is 123 Å². The number of hydrogen-bond acceptors (Lipinski definition) is 4. The van der Waals surface area contributed by atoms with Crippen molar-refractivity contribution in [2.45, 2.75) is 6.42 Å². The van der Waals surface area contributed by atoms with Gasteiger partial charge in [0.15, 0.2) is 0 Å². The van der Waals surface area contributed by atoms with Crippen molar-refractivity contribution in [1.82, 2.24) is 10.3 Å². The maximum Gasteiger partial charge on any atom is 0.319 e. The Morgan fingerprint density at radius 2 is 1.86 bits per heavy atom. The van der Waals surface area contributed by atoms with Crippen LogP contribution in [0.3, 0.4) is 0 Å². The van der Waals surface area contributed by atoms with Crippen molar-refractivity contribution in [1.29, 1.82) is 0 Å². The molecule has 1 heterocycles. The molecule has 0 aliphatic heterocycles. The second-order valence-corrected chi connectivity index (χ2v) is 4.50. The van der Waals surface area contributed by atoms with Crippen molar-refractivity contribution in [3.63, 3.8) is 0 Å². The summed E-state index contributed by atoms with van der Waals surface area (Å²) in [5, 5.41) is 8.77. The number of aromatic nitrogens is 1. The third kappa shape index (κ3) is 5.40. The van der Waals surface area contributed by atoms with Crippen molar-refractivity contribution in [3.8, 4) is 0 Å². The number of urea groups is 1. The smallest absolute Gasteiger partial charge is 0.319 e. The van der Waals surface area contributed by atoms with Crippen LogP contribution >= 0.6 is 0 Å². The molecular weight excluding hydrogens is 266 g/mol. The fraction of sp³-hybridized carbons (Fsp3) is 0.200. The van der Waals surface area contributed by atoms with Crippen molar-refractivity contribution >= 4 is 23.2 Å². The molecule has 1 aromatic heterocycles. The number of pyridine rings is 1. The number of nitrogens with zero attached hydrogens (tertiary/aromatic N) is 1. The molecule has 0 bridgehead atoms. The second kappa shape index (κ2) is 7.74. The minimum Gasteiger partial charge on any atom is -0.384 e. The first-order chi connectivity index (χ1) is 10.2. The minimum absolute atomic E-state index is 0.199. The molecule has 0 radical (unpaired) electrons. The van der Waals surface area contributed by atoms with E-state index in [9.17, 15) is 4.79 Å². The van der Waals surface area contributed by atoms with E-state index < -0.39 is 0 Å². The number of nitrogens with two attached hydrogens (primary N) is 1. The molecule has 0 spiro atoms. The Kier molecular flexibility index (Phi) is 5.40. The largest absolute Gasteiger partial charge is 0.384 e. The van der Waals surface area contributed by atoms with Crippen LogP contribution in [0.4, 0.5) is 22.0 Å². The van der Waals surface area contributed by atoms with Crippen LogP contribution < -0.4 is 21.7 Å². The SMILES string of the molecule is Nc1ccc(NCCCNC(=O)Nc2ccccc2)cn1. The number of para-hydroxylation sites is 1. The number of amides is 2. The summed E-state index contributed by atoms with van der Waals surface area (Å²) in [6, 6.07) is 12.8. The molecule has 0 unspecified atom stereocenters. The lowest BCUT2D eigenvalue weighted by atomic mass is 10.3. The number of hydrogen-bond donors (Lipinski definition) is 4. The molecule has 0 aliphatic carbocycles. The molecule has 1 aromatic carbocycles. The van der Waals surface area contributed by atoms with Gasteiger partial charge in [0, 0.05) is 18.8 Å². The van der Waals surface area contributed by atoms with Crippen LogP contribution in [-0.4, -0.2) is 24.1 Å². The highest BCUT2D eigenvalue weighted by atomic mass is 16.2. The lowest BCUT2D eigenvalue weighted by molar-refractivity contribution is 0.252. The Morgan fingerprint density at radius 1 is 1.05 bits per heavy atom. The number of anilines is 3. The topological polar surface area (TPSA) is 92.1 Å². The standard InChI is InChI=1S/C15H19N5O/c16-14-8-7-13(11-19-14)17-9-4-10-18-15(21)20-12-5-2-1-3-6-12/h1-3,5-8,11,17H,4,9-10H2,(H2,16,19)(H2,18,20,21). The molecule has 6 nitrogen and oxygen atoms in total. The molecule has 0 aliphatic rings. The number of benzene rings is 1. The van der Waals surface area contributed by atoms with Gasteiger partial charge in [0.2, 0.25) is 0 Å². The van der Waals surface area contributed by atoms with Crippen molar-refractivity contribution < 1.29 is 4.79 Å². The molecule has 2 rings (SSSR count). The average molecular weight is 285 g/mol. The Morgan fingerprint density at radius 3 is 2.57 bits per heavy atom. The second-order valence-electron chi connectivity index (χ2n) is 4.50. The highest BCUT2D eigenvalue weighted by molar-refractivity contribution is 5.89. The van der Waals surface area contributed by atoms with Gasteiger partial charge in [-0.05, 0) is 30.7 Å². The number of carbonyl (C=O) groups excluding carboxylic acids is 1. The van der Waals surface area contributed by atoms with Crippen LogP contribution in [0.5, 0.6) is 0 Å². The molecule has 0 atom stereocenters. The van der Waals surface area contributed by atoms with E-state index >= 15 is 0 Å². The normalized spacial score (nSPS) is 9.90. The van der Waals surface area contributed by atoms with Crippen LogP contribution in [0, 0.1) is 0 Å². The highest BCUT2D eigenvalue weighted by Crippen LogP contribution is 2.06. The molecule has 21 heavy (non-hydrogen) atoms. The van der Waals surface area contributed by atoms with Crippen molar-refractivity contribution in [3.05, 3.63) is 48.7 Å². The highest BCUT2D eigenvalue weighted by Gasteiger charge is 1.99. The maximum absolute atomic E-state index is 11.6. The summed E-state index contributed by atoms with van der Waals surface area (Å²) >= 11 is 0. The summed E-state index contributed by atoms with van der Waals surface area (Å²) < 4.78 is 0. The lowest BCUT2D eigenvalue weighted by Gasteiger charge is -2.08. The zero-order chi connectivity index (χ0) is 14.9. The van der Waals surface area contributed by atoms with E-state index in [0.29, 0.717) is 12.4 Å². The zero-order valence-corrected chi connectivity index (χ0v) is 11.7. The molecule has 6 heteroatoms. The van der Waals surface area contributed by atoms with Gasteiger partial charge < -0.3 is 21.7 Å². The van der Waals surface area contributed by atoms with Gasteiger partial charge in [-0.15, -0.1) is 0 Å². The molecule has 110 valence electrons. The molecule has 0 saturated heterocycles. The number of carbonyl (C=O) groups is 1. The third-order valence-electron chi connectivity index (χ3n) is 2.79. The molecule has 0 saturated carbocycles. The van der Waals surface area contributed by atoms with Gasteiger partial charge in [-0.1, -0.05) is 18.2 Å². The Balaban J connectivity index is 1.59. The quantitative estimate of drug-likeness (QED) is 0.613. The molecule has 0 fully saturated rings. The predicted octanol–water partition coefficient (Wildman–Crippen LogP) is 2.29. The van der Waals surface area contributed by atoms with E-state index in [2.05, 4.69) is 20.9 Å². The van der Waals surface area contributed by atoms with E-state index in [-0.39, 0.29) is 6.03 Å². The van der Waals surface area contributed by atoms with E-state index in [1.807, 2.05) is 36.4 Å². The van der Waals surface area contributed by atoms with Crippen molar-refractivity contribution in [2.24, 2.45) is 0 Å². The van der Waals surface area contributed by atoms with E-state index in [4.69, 9.17) is 5.73 Å². The number of nitrogens with one attached hydrogen (secondary N) is 3. The van der Waals surface area contributed by atoms with Crippen molar-refractivity contribution in [2.75, 3.05) is 29.5 Å². The first-order valence-corrected chi connectivity index (χ1v) is 6.79. The number of nitrogen functional groups attached to an aromatic ring is 1. The van der Waals surface area contributed by atoms with E-state index in [1.54, 1.807) is 12.3 Å². The summed E-state index contributed by atoms with van der Waals surface area (Å²) in [4.78, 5) is 15.6. The maximum atomic E-state index is 11.6. The molecular formula is C15H19N5O. The zero-order valence-electron chi connectivity index (χ0n) is 11.7. The summed E-state index contributed by atoms with van der Waals surface area (Å²) in [6.07, 6.45) is 2.50. The summed E-state index contributed by atoms with van der Waals surface area (Å²) in [6.45, 7) is 1.34. The van der Waals surface area contributed by atoms with E-state index in [1.165, 1.54) is 0 Å². The monoisotopic (exact) mass is 285 g/mol. The van der Waals surface area contributed by atoms with Crippen LogP contribution in [0.15, 0.2) is 48.7 Å². The molecule has 5 N–H and O–H groups in total. The van der Waals surface area contributed by atoms with Crippen LogP contribution in [-0.2, 0) is 0 Å². The van der Waals surface area contributed by atoms with Crippen LogP contribution in [0.25, 0.3) is 0 Å². The average Bonchev–Trinajstić information content (AvgIpc) is 2.50. The first-order valence-electron chi connectivity index (χ1n) is 6.79. The molecule has 2 amide bonds. The van der Waals surface area contributed by atoms with E-state index in [0.717, 1.165) is 24.3 Å². The summed E-state index contributed by atoms with van der Waals surface area (Å²) in [7, 11) is 0. The third-order valence-corrected chi connectivity index (χ3v) is 2.79. The first kappa shape index (κ1) is 14.6. The van der Waals surface area contributed by atoms with Crippen LogP contribution in [0.2, 0.25) is 0 Å². The minimum atomic E-state index is -0.199. The fourth-order valence-corrected chi connectivity index (χ4v) is 1.73. The van der Waals surface area contributed by atoms with Gasteiger partial charge in [-0.2, -0.15) is 0 Å². The van der Waals surface area contributed by atoms with Gasteiger partial charge in [-0.25, -0.2) is 9.78 Å². The molecule has 2 aromatic rings. The summed E-state index contributed by atoms with van der Waals surface area (Å²) in [5.41, 5.74) is 7.20. The van der Waals surface area contributed by atoms with Gasteiger partial charge >= 0.3 is 6.03 Å². The van der Waals surface area contributed by atoms with Gasteiger partial charge in [0.1, 0.15) is 5.82 Å². The van der Waals surface area contributed by atoms with Gasteiger partial charge in [0.25, 0.3) is 0 Å². The summed E-state index contributed by atoms with van der Waals surface area (Å²) in [5.74, 6) is 0.500. The van der Waals surface area contributed by atoms with Gasteiger partial charge in [-0.3, -0.25) is 0 Å².